The fourth-order valence-electron chi connectivity index (χ4n) is 6.38. The van der Waals surface area contributed by atoms with E-state index in [1.165, 1.54) is 4.90 Å². The second kappa shape index (κ2) is 17.2. The summed E-state index contributed by atoms with van der Waals surface area (Å²) in [4.78, 5) is 48.0. The smallest absolute Gasteiger partial charge is 0.415 e. The molecule has 3 amide bonds. The van der Waals surface area contributed by atoms with Crippen molar-refractivity contribution < 1.29 is 28.6 Å². The number of nitriles is 1. The number of hydrogen-bond acceptors (Lipinski definition) is 8. The Hall–Kier alpha value is -6.35. The highest BCUT2D eigenvalue weighted by Gasteiger charge is 2.28. The normalized spacial score (nSPS) is 13.8. The molecule has 0 radical (unpaired) electrons. The van der Waals surface area contributed by atoms with Crippen molar-refractivity contribution in [2.75, 3.05) is 18.0 Å². The third-order valence-corrected chi connectivity index (χ3v) is 9.21. The Morgan fingerprint density at radius 3 is 2.27 bits per heavy atom. The zero-order valence-electron chi connectivity index (χ0n) is 31.6. The highest BCUT2D eigenvalue weighted by Crippen LogP contribution is 2.27. The maximum atomic E-state index is 13.9. The number of piperidine rings is 1. The number of hydrogen-bond donors (Lipinski definition) is 1. The molecule has 6 rings (SSSR count). The highest BCUT2D eigenvalue weighted by molar-refractivity contribution is 5.88. The first-order valence-electron chi connectivity index (χ1n) is 18.4. The van der Waals surface area contributed by atoms with Crippen molar-refractivity contribution >= 4 is 34.8 Å². The SMILES string of the molecule is CC(NC(=O)Cn1c(CN(C(=O)OCc2ccccc2)c2ccc(OC3CCN(C(=O)OC(C)(C)C)CC3)cc2)nc2cc(C#N)ccc21)c1ccccc1. The van der Waals surface area contributed by atoms with E-state index in [-0.39, 0.29) is 43.8 Å². The number of fused-ring (bicyclic) bond motifs is 1. The largest absolute Gasteiger partial charge is 0.490 e. The molecule has 1 saturated heterocycles. The van der Waals surface area contributed by atoms with Crippen LogP contribution in [0.25, 0.3) is 11.0 Å². The minimum atomic E-state index is -0.606. The summed E-state index contributed by atoms with van der Waals surface area (Å²) < 4.78 is 19.4. The molecule has 284 valence electrons. The van der Waals surface area contributed by atoms with Crippen molar-refractivity contribution in [1.29, 1.82) is 5.26 Å². The second-order valence-electron chi connectivity index (χ2n) is 14.5. The molecule has 5 aromatic rings. The van der Waals surface area contributed by atoms with Crippen LogP contribution in [0.1, 0.15) is 69.1 Å². The van der Waals surface area contributed by atoms with E-state index in [0.29, 0.717) is 59.8 Å². The summed E-state index contributed by atoms with van der Waals surface area (Å²) in [5, 5.41) is 12.7. The van der Waals surface area contributed by atoms with Crippen molar-refractivity contribution in [3.63, 3.8) is 0 Å². The lowest BCUT2D eigenvalue weighted by molar-refractivity contribution is -0.122. The second-order valence-corrected chi connectivity index (χ2v) is 14.5. The van der Waals surface area contributed by atoms with Crippen molar-refractivity contribution in [2.24, 2.45) is 0 Å². The first-order chi connectivity index (χ1) is 26.5. The van der Waals surface area contributed by atoms with Gasteiger partial charge in [0.05, 0.1) is 35.3 Å². The average molecular weight is 743 g/mol. The Kier molecular flexibility index (Phi) is 12.0. The van der Waals surface area contributed by atoms with Crippen LogP contribution in [0.4, 0.5) is 15.3 Å². The molecule has 0 bridgehead atoms. The molecule has 1 fully saturated rings. The van der Waals surface area contributed by atoms with E-state index in [1.807, 2.05) is 88.4 Å². The zero-order chi connectivity index (χ0) is 39.0. The highest BCUT2D eigenvalue weighted by atomic mass is 16.6. The summed E-state index contributed by atoms with van der Waals surface area (Å²) in [5.41, 5.74) is 3.37. The van der Waals surface area contributed by atoms with Gasteiger partial charge in [0, 0.05) is 31.6 Å². The molecule has 12 nitrogen and oxygen atoms in total. The molecule has 1 atom stereocenters. The van der Waals surface area contributed by atoms with Crippen molar-refractivity contribution in [1.82, 2.24) is 19.8 Å². The number of rotatable bonds is 11. The molecule has 1 aliphatic rings. The molecule has 1 N–H and O–H groups in total. The molecule has 0 saturated carbocycles. The van der Waals surface area contributed by atoms with Crippen LogP contribution in [-0.4, -0.2) is 57.3 Å². The van der Waals surface area contributed by atoms with Gasteiger partial charge in [-0.05, 0) is 81.3 Å². The molecule has 2 heterocycles. The third-order valence-electron chi connectivity index (χ3n) is 9.21. The van der Waals surface area contributed by atoms with Gasteiger partial charge >= 0.3 is 12.2 Å². The number of benzene rings is 4. The van der Waals surface area contributed by atoms with Gasteiger partial charge < -0.3 is 29.0 Å². The molecular weight excluding hydrogens is 697 g/mol. The molecule has 4 aromatic carbocycles. The van der Waals surface area contributed by atoms with Crippen LogP contribution in [0.3, 0.4) is 0 Å². The van der Waals surface area contributed by atoms with Gasteiger partial charge in [-0.25, -0.2) is 14.6 Å². The van der Waals surface area contributed by atoms with Crippen molar-refractivity contribution in [2.45, 2.75) is 78.0 Å². The van der Waals surface area contributed by atoms with Crippen LogP contribution in [-0.2, 0) is 34.0 Å². The van der Waals surface area contributed by atoms with Gasteiger partial charge in [-0.2, -0.15) is 5.26 Å². The summed E-state index contributed by atoms with van der Waals surface area (Å²) >= 11 is 0. The summed E-state index contributed by atoms with van der Waals surface area (Å²) in [7, 11) is 0. The van der Waals surface area contributed by atoms with Gasteiger partial charge in [-0.15, -0.1) is 0 Å². The predicted octanol–water partition coefficient (Wildman–Crippen LogP) is 7.91. The van der Waals surface area contributed by atoms with Gasteiger partial charge in [-0.3, -0.25) is 9.69 Å². The molecule has 0 aliphatic carbocycles. The average Bonchev–Trinajstić information content (AvgIpc) is 3.52. The van der Waals surface area contributed by atoms with E-state index in [9.17, 15) is 19.6 Å². The van der Waals surface area contributed by atoms with E-state index in [1.54, 1.807) is 51.9 Å². The summed E-state index contributed by atoms with van der Waals surface area (Å²) in [6.07, 6.45) is 0.285. The lowest BCUT2D eigenvalue weighted by Crippen LogP contribution is -2.44. The van der Waals surface area contributed by atoms with E-state index in [2.05, 4.69) is 11.4 Å². The van der Waals surface area contributed by atoms with Crippen LogP contribution in [0.2, 0.25) is 0 Å². The van der Waals surface area contributed by atoms with Crippen molar-refractivity contribution in [3.05, 3.63) is 126 Å². The Balaban J connectivity index is 1.23. The Morgan fingerprint density at radius 1 is 0.945 bits per heavy atom. The van der Waals surface area contributed by atoms with E-state index in [4.69, 9.17) is 19.2 Å². The maximum absolute atomic E-state index is 13.9. The standard InChI is InChI=1S/C43H46N6O6/c1-30(33-13-9-6-10-14-33)45-40(50)28-49-38-20-15-32(26-44)25-37(38)46-39(49)27-48(42(52)53-29-31-11-7-5-8-12-31)34-16-18-35(19-17-34)54-36-21-23-47(24-22-36)41(51)55-43(2,3)4/h5-20,25,30,36H,21-24,27-29H2,1-4H3,(H,45,50). The molecule has 1 unspecified atom stereocenters. The van der Waals surface area contributed by atoms with Gasteiger partial charge in [0.25, 0.3) is 0 Å². The fraction of sp³-hybridized carbons (Fsp3) is 0.326. The number of carbonyl (C=O) groups excluding carboxylic acids is 3. The lowest BCUT2D eigenvalue weighted by Gasteiger charge is -2.33. The number of nitrogens with zero attached hydrogens (tertiary/aromatic N) is 5. The number of carbonyl (C=O) groups is 3. The molecular formula is C43H46N6O6. The summed E-state index contributed by atoms with van der Waals surface area (Å²) in [5.74, 6) is 0.816. The first kappa shape index (κ1) is 38.4. The van der Waals surface area contributed by atoms with Crippen LogP contribution in [0, 0.1) is 11.3 Å². The number of aromatic nitrogens is 2. The molecule has 1 aliphatic heterocycles. The topological polar surface area (TPSA) is 139 Å². The van der Waals surface area contributed by atoms with E-state index in [0.717, 1.165) is 11.1 Å². The monoisotopic (exact) mass is 742 g/mol. The van der Waals surface area contributed by atoms with E-state index < -0.39 is 11.7 Å². The van der Waals surface area contributed by atoms with Crippen molar-refractivity contribution in [3.8, 4) is 11.8 Å². The van der Waals surface area contributed by atoms with Gasteiger partial charge in [0.15, 0.2) is 0 Å². The molecule has 1 aromatic heterocycles. The van der Waals surface area contributed by atoms with Crippen LogP contribution in [0.5, 0.6) is 5.75 Å². The minimum absolute atomic E-state index is 0.0327. The van der Waals surface area contributed by atoms with Gasteiger partial charge in [0.2, 0.25) is 5.91 Å². The minimum Gasteiger partial charge on any atom is -0.490 e. The van der Waals surface area contributed by atoms with Gasteiger partial charge in [-0.1, -0.05) is 60.7 Å². The lowest BCUT2D eigenvalue weighted by atomic mass is 10.1. The van der Waals surface area contributed by atoms with Crippen LogP contribution in [0.15, 0.2) is 103 Å². The van der Waals surface area contributed by atoms with Gasteiger partial charge in [0.1, 0.15) is 36.4 Å². The number of anilines is 1. The Bertz CT molecular complexity index is 2130. The van der Waals surface area contributed by atoms with Crippen LogP contribution >= 0.6 is 0 Å². The third kappa shape index (κ3) is 10.2. The quantitative estimate of drug-likeness (QED) is 0.144. The number of imidazole rings is 1. The molecule has 12 heteroatoms. The zero-order valence-corrected chi connectivity index (χ0v) is 31.6. The summed E-state index contributed by atoms with van der Waals surface area (Å²) in [6, 6.07) is 33.3. The predicted molar refractivity (Wildman–Crippen MR) is 208 cm³/mol. The number of nitrogens with one attached hydrogen (secondary N) is 1. The molecule has 55 heavy (non-hydrogen) atoms. The number of ether oxygens (including phenoxy) is 3. The van der Waals surface area contributed by atoms with E-state index >= 15 is 0 Å². The number of likely N-dealkylation sites (tertiary alicyclic amines) is 1. The summed E-state index contributed by atoms with van der Waals surface area (Å²) in [6.45, 7) is 8.48. The Morgan fingerprint density at radius 2 is 1.62 bits per heavy atom. The van der Waals surface area contributed by atoms with Crippen LogP contribution < -0.4 is 15.0 Å². The molecule has 0 spiro atoms. The number of amides is 3. The Labute approximate surface area is 321 Å². The first-order valence-corrected chi connectivity index (χ1v) is 18.4. The fourth-order valence-corrected chi connectivity index (χ4v) is 6.38. The maximum Gasteiger partial charge on any atom is 0.415 e.